The van der Waals surface area contributed by atoms with Crippen LogP contribution in [-0.2, 0) is 6.42 Å². The first-order valence-electron chi connectivity index (χ1n) is 9.30. The summed E-state index contributed by atoms with van der Waals surface area (Å²) in [5.74, 6) is 1.49. The van der Waals surface area contributed by atoms with Gasteiger partial charge in [-0.05, 0) is 35.1 Å². The topological polar surface area (TPSA) is 44.2 Å². The van der Waals surface area contributed by atoms with E-state index in [1.807, 2.05) is 18.2 Å². The Labute approximate surface area is 161 Å². The van der Waals surface area contributed by atoms with Crippen LogP contribution in [-0.4, -0.2) is 17.0 Å². The summed E-state index contributed by atoms with van der Waals surface area (Å²) in [7, 11) is 0. The molecule has 1 aromatic heterocycles. The van der Waals surface area contributed by atoms with Crippen LogP contribution in [0.4, 0.5) is 0 Å². The summed E-state index contributed by atoms with van der Waals surface area (Å²) in [6.07, 6.45) is 0.896. The maximum absolute atomic E-state index is 5.56. The van der Waals surface area contributed by atoms with Gasteiger partial charge in [-0.1, -0.05) is 54.6 Å². The van der Waals surface area contributed by atoms with Gasteiger partial charge in [0.25, 0.3) is 0 Å². The zero-order chi connectivity index (χ0) is 18.5. The molecule has 0 saturated heterocycles. The predicted octanol–water partition coefficient (Wildman–Crippen LogP) is 5.26. The second-order valence-corrected chi connectivity index (χ2v) is 7.10. The quantitative estimate of drug-likeness (QED) is 0.401. The highest BCUT2D eigenvalue weighted by Gasteiger charge is 2.17. The minimum absolute atomic E-state index is 0.253. The summed E-state index contributed by atoms with van der Waals surface area (Å²) < 4.78 is 11.0. The van der Waals surface area contributed by atoms with Crippen molar-refractivity contribution in [2.24, 2.45) is 0 Å². The van der Waals surface area contributed by atoms with Crippen molar-refractivity contribution >= 4 is 32.6 Å². The van der Waals surface area contributed by atoms with Crippen molar-refractivity contribution < 1.29 is 9.47 Å². The summed E-state index contributed by atoms with van der Waals surface area (Å²) in [5.41, 5.74) is 4.29. The SMILES string of the molecule is c1ccc(Cc2ccc3ccc4c5cc6c(cc5nnc4c3c2)OCO6)cc1. The van der Waals surface area contributed by atoms with Gasteiger partial charge in [0.05, 0.1) is 5.52 Å². The number of benzene rings is 4. The highest BCUT2D eigenvalue weighted by atomic mass is 16.7. The number of fused-ring (bicyclic) bond motifs is 6. The Morgan fingerprint density at radius 2 is 1.50 bits per heavy atom. The molecule has 4 nitrogen and oxygen atoms in total. The Hall–Kier alpha value is -3.66. The number of hydrogen-bond acceptors (Lipinski definition) is 4. The summed E-state index contributed by atoms with van der Waals surface area (Å²) in [6, 6.07) is 25.3. The van der Waals surface area contributed by atoms with E-state index >= 15 is 0 Å². The Morgan fingerprint density at radius 3 is 2.39 bits per heavy atom. The van der Waals surface area contributed by atoms with Crippen molar-refractivity contribution in [2.75, 3.05) is 6.79 Å². The van der Waals surface area contributed by atoms with E-state index in [0.717, 1.165) is 45.1 Å². The highest BCUT2D eigenvalue weighted by molar-refractivity contribution is 6.14. The van der Waals surface area contributed by atoms with Gasteiger partial charge in [0.1, 0.15) is 5.52 Å². The van der Waals surface area contributed by atoms with Gasteiger partial charge in [0.2, 0.25) is 6.79 Å². The standard InChI is InChI=1S/C24H16N2O2/c1-2-4-15(5-3-1)10-16-6-7-17-8-9-18-20-12-22-23(28-14-27-22)13-21(20)25-26-24(18)19(17)11-16/h1-9,11-13H,10,14H2. The molecule has 6 rings (SSSR count). The third-order valence-corrected chi connectivity index (χ3v) is 5.35. The predicted molar refractivity (Wildman–Crippen MR) is 110 cm³/mol. The van der Waals surface area contributed by atoms with Gasteiger partial charge in [0, 0.05) is 22.2 Å². The van der Waals surface area contributed by atoms with Crippen molar-refractivity contribution in [3.63, 3.8) is 0 Å². The van der Waals surface area contributed by atoms with E-state index in [1.54, 1.807) is 0 Å². The molecule has 0 saturated carbocycles. The number of hydrogen-bond donors (Lipinski definition) is 0. The Balaban J connectivity index is 1.57. The second-order valence-electron chi connectivity index (χ2n) is 7.10. The van der Waals surface area contributed by atoms with Gasteiger partial charge in [-0.2, -0.15) is 0 Å². The van der Waals surface area contributed by atoms with Crippen LogP contribution in [0.5, 0.6) is 11.5 Å². The molecule has 0 radical (unpaired) electrons. The van der Waals surface area contributed by atoms with Crippen LogP contribution in [0.15, 0.2) is 72.8 Å². The lowest BCUT2D eigenvalue weighted by Gasteiger charge is -2.09. The smallest absolute Gasteiger partial charge is 0.231 e. The van der Waals surface area contributed by atoms with Gasteiger partial charge in [0.15, 0.2) is 11.5 Å². The molecule has 0 fully saturated rings. The Kier molecular flexibility index (Phi) is 3.26. The average Bonchev–Trinajstić information content (AvgIpc) is 3.20. The molecule has 28 heavy (non-hydrogen) atoms. The lowest BCUT2D eigenvalue weighted by Crippen LogP contribution is -1.92. The fraction of sp³-hybridized carbons (Fsp3) is 0.0833. The molecule has 1 aliphatic rings. The maximum Gasteiger partial charge on any atom is 0.231 e. The minimum Gasteiger partial charge on any atom is -0.454 e. The minimum atomic E-state index is 0.253. The number of ether oxygens (including phenoxy) is 2. The van der Waals surface area contributed by atoms with Crippen LogP contribution < -0.4 is 9.47 Å². The summed E-state index contributed by atoms with van der Waals surface area (Å²) in [6.45, 7) is 0.253. The Morgan fingerprint density at radius 1 is 0.679 bits per heavy atom. The molecule has 5 aromatic rings. The van der Waals surface area contributed by atoms with Crippen molar-refractivity contribution in [1.29, 1.82) is 0 Å². The van der Waals surface area contributed by atoms with Crippen molar-refractivity contribution in [2.45, 2.75) is 6.42 Å². The van der Waals surface area contributed by atoms with E-state index < -0.39 is 0 Å². The molecule has 2 heterocycles. The molecule has 0 bridgehead atoms. The fourth-order valence-electron chi connectivity index (χ4n) is 3.95. The number of rotatable bonds is 2. The molecule has 0 aliphatic carbocycles. The molecule has 134 valence electrons. The zero-order valence-corrected chi connectivity index (χ0v) is 15.1. The molecule has 1 aliphatic heterocycles. The van der Waals surface area contributed by atoms with Gasteiger partial charge in [-0.25, -0.2) is 0 Å². The largest absolute Gasteiger partial charge is 0.454 e. The zero-order valence-electron chi connectivity index (χ0n) is 15.1. The average molecular weight is 364 g/mol. The van der Waals surface area contributed by atoms with E-state index in [2.05, 4.69) is 64.8 Å². The summed E-state index contributed by atoms with van der Waals surface area (Å²) >= 11 is 0. The van der Waals surface area contributed by atoms with Gasteiger partial charge in [-0.15, -0.1) is 10.2 Å². The lowest BCUT2D eigenvalue weighted by atomic mass is 9.98. The molecule has 0 amide bonds. The van der Waals surface area contributed by atoms with E-state index in [0.29, 0.717) is 0 Å². The van der Waals surface area contributed by atoms with E-state index in [9.17, 15) is 0 Å². The van der Waals surface area contributed by atoms with Gasteiger partial charge >= 0.3 is 0 Å². The number of nitrogens with zero attached hydrogens (tertiary/aromatic N) is 2. The molecule has 0 atom stereocenters. The monoisotopic (exact) mass is 364 g/mol. The van der Waals surface area contributed by atoms with E-state index in [4.69, 9.17) is 9.47 Å². The molecule has 0 spiro atoms. The first-order chi connectivity index (χ1) is 13.8. The maximum atomic E-state index is 5.56. The summed E-state index contributed by atoms with van der Waals surface area (Å²) in [4.78, 5) is 0. The summed E-state index contributed by atoms with van der Waals surface area (Å²) in [5, 5.41) is 13.4. The van der Waals surface area contributed by atoms with Crippen LogP contribution >= 0.6 is 0 Å². The van der Waals surface area contributed by atoms with Crippen molar-refractivity contribution in [3.05, 3.63) is 83.9 Å². The van der Waals surface area contributed by atoms with Crippen LogP contribution in [0.25, 0.3) is 32.6 Å². The normalized spacial score (nSPS) is 12.9. The molecule has 4 aromatic carbocycles. The van der Waals surface area contributed by atoms with Crippen LogP contribution in [0.3, 0.4) is 0 Å². The highest BCUT2D eigenvalue weighted by Crippen LogP contribution is 2.38. The van der Waals surface area contributed by atoms with E-state index in [-0.39, 0.29) is 6.79 Å². The van der Waals surface area contributed by atoms with Crippen LogP contribution in [0.2, 0.25) is 0 Å². The third-order valence-electron chi connectivity index (χ3n) is 5.35. The molecule has 0 N–H and O–H groups in total. The molecular formula is C24H16N2O2. The van der Waals surface area contributed by atoms with Crippen LogP contribution in [0, 0.1) is 0 Å². The number of aromatic nitrogens is 2. The van der Waals surface area contributed by atoms with E-state index in [1.165, 1.54) is 16.5 Å². The van der Waals surface area contributed by atoms with Gasteiger partial charge in [-0.3, -0.25) is 0 Å². The van der Waals surface area contributed by atoms with Gasteiger partial charge < -0.3 is 9.47 Å². The first-order valence-corrected chi connectivity index (χ1v) is 9.30. The lowest BCUT2D eigenvalue weighted by molar-refractivity contribution is 0.174. The molecule has 4 heteroatoms. The molecule has 0 unspecified atom stereocenters. The van der Waals surface area contributed by atoms with Crippen molar-refractivity contribution in [1.82, 2.24) is 10.2 Å². The molecular weight excluding hydrogens is 348 g/mol. The Bertz CT molecular complexity index is 1360. The van der Waals surface area contributed by atoms with Crippen LogP contribution in [0.1, 0.15) is 11.1 Å². The first kappa shape index (κ1) is 15.4. The van der Waals surface area contributed by atoms with Crippen molar-refractivity contribution in [3.8, 4) is 11.5 Å². The third kappa shape index (κ3) is 2.38. The second kappa shape index (κ2) is 5.92. The fourth-order valence-corrected chi connectivity index (χ4v) is 3.95.